The Morgan fingerprint density at radius 2 is 1.75 bits per heavy atom. The van der Waals surface area contributed by atoms with E-state index in [1.165, 1.54) is 17.2 Å². The maximum Gasteiger partial charge on any atom is 0.250 e. The van der Waals surface area contributed by atoms with E-state index in [0.29, 0.717) is 12.3 Å². The number of nitrogens with one attached hydrogen (secondary N) is 2. The van der Waals surface area contributed by atoms with Gasteiger partial charge in [0, 0.05) is 18.2 Å². The number of carbonyl (C=O) groups excluding carboxylic acids is 1. The summed E-state index contributed by atoms with van der Waals surface area (Å²) in [5, 5.41) is 5.91. The summed E-state index contributed by atoms with van der Waals surface area (Å²) < 4.78 is 5.90. The number of hydrogen-bond acceptors (Lipinski definition) is 4. The van der Waals surface area contributed by atoms with Gasteiger partial charge in [-0.05, 0) is 78.7 Å². The molecule has 0 spiro atoms. The maximum atomic E-state index is 12.0. The Hall–Kier alpha value is -3.77. The molecule has 4 aromatic rings. The Bertz CT molecular complexity index is 1250. The topological polar surface area (TPSA) is 67.2 Å². The number of oxazole rings is 1. The highest BCUT2D eigenvalue weighted by molar-refractivity contribution is 7.80. The first-order valence-corrected chi connectivity index (χ1v) is 10.7. The number of fused-ring (bicyclic) bond motifs is 1. The largest absolute Gasteiger partial charge is 0.440 e. The summed E-state index contributed by atoms with van der Waals surface area (Å²) in [5.41, 5.74) is 6.88. The van der Waals surface area contributed by atoms with E-state index >= 15 is 0 Å². The molecule has 3 aromatic carbocycles. The van der Waals surface area contributed by atoms with Crippen LogP contribution in [0, 0.1) is 13.8 Å². The van der Waals surface area contributed by atoms with Gasteiger partial charge < -0.3 is 9.73 Å². The van der Waals surface area contributed by atoms with Gasteiger partial charge in [0.1, 0.15) is 5.52 Å². The van der Waals surface area contributed by atoms with Crippen molar-refractivity contribution >= 4 is 46.1 Å². The minimum absolute atomic E-state index is 0.241. The molecular weight excluding hydrogens is 418 g/mol. The second-order valence-corrected chi connectivity index (χ2v) is 7.98. The molecule has 0 aliphatic rings. The molecule has 4 rings (SSSR count). The third-order valence-corrected chi connectivity index (χ3v) is 5.28. The van der Waals surface area contributed by atoms with Gasteiger partial charge in [0.2, 0.25) is 5.91 Å². The summed E-state index contributed by atoms with van der Waals surface area (Å²) in [6.07, 6.45) is 3.79. The summed E-state index contributed by atoms with van der Waals surface area (Å²) >= 11 is 5.24. The van der Waals surface area contributed by atoms with Gasteiger partial charge in [-0.3, -0.25) is 10.1 Å². The highest BCUT2D eigenvalue weighted by Gasteiger charge is 2.09. The third kappa shape index (κ3) is 5.47. The minimum Gasteiger partial charge on any atom is -0.440 e. The van der Waals surface area contributed by atoms with Crippen LogP contribution in [0.2, 0.25) is 0 Å². The van der Waals surface area contributed by atoms with Gasteiger partial charge in [0.15, 0.2) is 16.6 Å². The maximum absolute atomic E-state index is 12.0. The quantitative estimate of drug-likeness (QED) is 0.313. The van der Waals surface area contributed by atoms with Crippen molar-refractivity contribution in [3.05, 3.63) is 101 Å². The number of aryl methyl sites for hydroxylation is 2. The van der Waals surface area contributed by atoms with Crippen LogP contribution in [0.4, 0.5) is 5.69 Å². The van der Waals surface area contributed by atoms with Crippen LogP contribution < -0.4 is 10.6 Å². The zero-order valence-electron chi connectivity index (χ0n) is 17.9. The Kier molecular flexibility index (Phi) is 6.42. The molecule has 2 N–H and O–H groups in total. The van der Waals surface area contributed by atoms with Crippen molar-refractivity contribution in [1.29, 1.82) is 0 Å². The number of hydrogen-bond donors (Lipinski definition) is 2. The lowest BCUT2D eigenvalue weighted by Crippen LogP contribution is -2.32. The van der Waals surface area contributed by atoms with Crippen LogP contribution in [0.1, 0.15) is 28.1 Å². The van der Waals surface area contributed by atoms with E-state index in [4.69, 9.17) is 16.6 Å². The van der Waals surface area contributed by atoms with Crippen LogP contribution in [-0.2, 0) is 11.2 Å². The molecule has 6 heteroatoms. The van der Waals surface area contributed by atoms with Crippen LogP contribution in [0.15, 0.2) is 77.2 Å². The van der Waals surface area contributed by atoms with Crippen molar-refractivity contribution in [1.82, 2.24) is 10.3 Å². The number of thiocarbonyl (C=S) groups is 1. The predicted molar refractivity (Wildman–Crippen MR) is 133 cm³/mol. The molecule has 0 saturated carbocycles. The second-order valence-electron chi connectivity index (χ2n) is 7.57. The first kappa shape index (κ1) is 21.5. The van der Waals surface area contributed by atoms with Crippen LogP contribution in [-0.4, -0.2) is 16.0 Å². The van der Waals surface area contributed by atoms with E-state index in [9.17, 15) is 4.79 Å². The fourth-order valence-corrected chi connectivity index (χ4v) is 3.45. The van der Waals surface area contributed by atoms with E-state index < -0.39 is 0 Å². The zero-order valence-corrected chi connectivity index (χ0v) is 18.7. The van der Waals surface area contributed by atoms with Crippen LogP contribution in [0.25, 0.3) is 17.2 Å². The molecule has 0 fully saturated rings. The molecule has 32 heavy (non-hydrogen) atoms. The van der Waals surface area contributed by atoms with Crippen molar-refractivity contribution < 1.29 is 9.21 Å². The average molecular weight is 442 g/mol. The first-order chi connectivity index (χ1) is 15.5. The Morgan fingerprint density at radius 1 is 1.03 bits per heavy atom. The third-order valence-electron chi connectivity index (χ3n) is 5.08. The summed E-state index contributed by atoms with van der Waals surface area (Å²) in [4.78, 5) is 16.6. The molecular formula is C26H23N3O2S. The molecule has 1 aromatic heterocycles. The Morgan fingerprint density at radius 3 is 2.50 bits per heavy atom. The number of rotatable bonds is 5. The summed E-state index contributed by atoms with van der Waals surface area (Å²) in [6.45, 7) is 4.14. The standard InChI is InChI=1S/C26H23N3O2S/c1-17-14-22-23(15-18(17)2)31-25(28-22)16-20-8-11-21(12-9-20)27-26(32)29-24(30)13-10-19-6-4-3-5-7-19/h3-15H,16H2,1-2H3,(H2,27,29,30,32)/b13-10+. The Labute approximate surface area is 192 Å². The first-order valence-electron chi connectivity index (χ1n) is 10.3. The summed E-state index contributed by atoms with van der Waals surface area (Å²) in [5.74, 6) is 0.392. The van der Waals surface area contributed by atoms with E-state index in [2.05, 4.69) is 35.5 Å². The number of benzene rings is 3. The molecule has 160 valence electrons. The molecule has 1 heterocycles. The lowest BCUT2D eigenvalue weighted by molar-refractivity contribution is -0.115. The fraction of sp³-hybridized carbons (Fsp3) is 0.115. The number of anilines is 1. The van der Waals surface area contributed by atoms with Gasteiger partial charge in [-0.15, -0.1) is 0 Å². The van der Waals surface area contributed by atoms with Crippen LogP contribution in [0.5, 0.6) is 0 Å². The molecule has 0 aliphatic heterocycles. The zero-order chi connectivity index (χ0) is 22.5. The second kappa shape index (κ2) is 9.58. The monoisotopic (exact) mass is 441 g/mol. The van der Waals surface area contributed by atoms with Crippen molar-refractivity contribution in [3.63, 3.8) is 0 Å². The number of nitrogens with zero attached hydrogens (tertiary/aromatic N) is 1. The molecule has 0 aliphatic carbocycles. The van der Waals surface area contributed by atoms with Crippen molar-refractivity contribution in [2.45, 2.75) is 20.3 Å². The number of amides is 1. The van der Waals surface area contributed by atoms with E-state index in [-0.39, 0.29) is 11.0 Å². The summed E-state index contributed by atoms with van der Waals surface area (Å²) in [7, 11) is 0. The highest BCUT2D eigenvalue weighted by atomic mass is 32.1. The molecule has 5 nitrogen and oxygen atoms in total. The van der Waals surface area contributed by atoms with Crippen LogP contribution >= 0.6 is 12.2 Å². The lowest BCUT2D eigenvalue weighted by atomic mass is 10.1. The van der Waals surface area contributed by atoms with E-state index in [1.54, 1.807) is 6.08 Å². The van der Waals surface area contributed by atoms with E-state index in [0.717, 1.165) is 27.9 Å². The molecule has 0 saturated heterocycles. The molecule has 0 unspecified atom stereocenters. The van der Waals surface area contributed by atoms with Gasteiger partial charge in [-0.2, -0.15) is 0 Å². The van der Waals surface area contributed by atoms with Gasteiger partial charge in [-0.1, -0.05) is 42.5 Å². The van der Waals surface area contributed by atoms with Gasteiger partial charge in [0.05, 0.1) is 0 Å². The normalized spacial score (nSPS) is 11.1. The molecule has 0 bridgehead atoms. The predicted octanol–water partition coefficient (Wildman–Crippen LogP) is 5.56. The molecule has 1 amide bonds. The molecule has 0 atom stereocenters. The fourth-order valence-electron chi connectivity index (χ4n) is 3.24. The summed E-state index contributed by atoms with van der Waals surface area (Å²) in [6, 6.07) is 21.5. The number of carbonyl (C=O) groups is 1. The molecule has 0 radical (unpaired) electrons. The lowest BCUT2D eigenvalue weighted by Gasteiger charge is -2.08. The van der Waals surface area contributed by atoms with E-state index in [1.807, 2.05) is 60.7 Å². The van der Waals surface area contributed by atoms with Crippen LogP contribution in [0.3, 0.4) is 0 Å². The van der Waals surface area contributed by atoms with Crippen molar-refractivity contribution in [2.24, 2.45) is 0 Å². The van der Waals surface area contributed by atoms with Crippen molar-refractivity contribution in [2.75, 3.05) is 5.32 Å². The number of aromatic nitrogens is 1. The highest BCUT2D eigenvalue weighted by Crippen LogP contribution is 2.22. The van der Waals surface area contributed by atoms with Gasteiger partial charge in [-0.25, -0.2) is 4.98 Å². The average Bonchev–Trinajstić information content (AvgIpc) is 3.15. The van der Waals surface area contributed by atoms with Gasteiger partial charge >= 0.3 is 0 Å². The smallest absolute Gasteiger partial charge is 0.250 e. The Balaban J connectivity index is 1.33. The van der Waals surface area contributed by atoms with Gasteiger partial charge in [0.25, 0.3) is 0 Å². The minimum atomic E-state index is -0.288. The van der Waals surface area contributed by atoms with Crippen molar-refractivity contribution in [3.8, 4) is 0 Å². The SMILES string of the molecule is Cc1cc2nc(Cc3ccc(NC(=S)NC(=O)/C=C/c4ccccc4)cc3)oc2cc1C.